The third-order valence-corrected chi connectivity index (χ3v) is 3.33. The van der Waals surface area contributed by atoms with Crippen LogP contribution in [0.1, 0.15) is 5.56 Å². The first-order valence-corrected chi connectivity index (χ1v) is 7.51. The number of aliphatic carboxylic acids is 1. The maximum atomic E-state index is 11.1. The van der Waals surface area contributed by atoms with Crippen LogP contribution in [0.15, 0.2) is 78.9 Å². The van der Waals surface area contributed by atoms with Crippen LogP contribution in [0.25, 0.3) is 0 Å². The number of benzene rings is 3. The van der Waals surface area contributed by atoms with Gasteiger partial charge in [0, 0.05) is 11.6 Å². The Hall–Kier alpha value is -3.27. The van der Waals surface area contributed by atoms with E-state index in [9.17, 15) is 4.79 Å². The summed E-state index contributed by atoms with van der Waals surface area (Å²) in [5.74, 6) is 1.48. The summed E-state index contributed by atoms with van der Waals surface area (Å²) in [5, 5.41) is 9.08. The van der Waals surface area contributed by atoms with Gasteiger partial charge >= 0.3 is 5.97 Å². The molecule has 4 nitrogen and oxygen atoms in total. The molecule has 120 valence electrons. The maximum Gasteiger partial charge on any atom is 0.307 e. The smallest absolute Gasteiger partial charge is 0.307 e. The lowest BCUT2D eigenvalue weighted by Crippen LogP contribution is -2.02. The molecule has 0 aliphatic carbocycles. The Morgan fingerprint density at radius 2 is 1.33 bits per heavy atom. The lowest BCUT2D eigenvalue weighted by atomic mass is 10.1. The van der Waals surface area contributed by atoms with E-state index in [1.54, 1.807) is 18.2 Å². The normalized spacial score (nSPS) is 10.2. The molecule has 24 heavy (non-hydrogen) atoms. The molecule has 0 saturated heterocycles. The number of carbonyl (C=O) groups is 1. The Bertz CT molecular complexity index is 814. The summed E-state index contributed by atoms with van der Waals surface area (Å²) in [6.45, 7) is 0. The minimum Gasteiger partial charge on any atom is -0.481 e. The molecule has 3 rings (SSSR count). The molecule has 4 heteroatoms. The molecule has 3 aromatic rings. The van der Waals surface area contributed by atoms with Gasteiger partial charge in [-0.15, -0.1) is 0 Å². The van der Waals surface area contributed by atoms with Crippen LogP contribution < -0.4 is 9.47 Å². The largest absolute Gasteiger partial charge is 0.481 e. The predicted octanol–water partition coefficient (Wildman–Crippen LogP) is 4.90. The molecular weight excluding hydrogens is 304 g/mol. The van der Waals surface area contributed by atoms with E-state index in [4.69, 9.17) is 14.6 Å². The number of carboxylic acids is 1. The Balaban J connectivity index is 1.89. The van der Waals surface area contributed by atoms with Crippen molar-refractivity contribution in [2.45, 2.75) is 6.42 Å². The van der Waals surface area contributed by atoms with Gasteiger partial charge in [-0.2, -0.15) is 0 Å². The first kappa shape index (κ1) is 15.6. The van der Waals surface area contributed by atoms with Crippen LogP contribution in [0, 0.1) is 0 Å². The summed E-state index contributed by atoms with van der Waals surface area (Å²) in [4.78, 5) is 11.1. The molecule has 0 saturated carbocycles. The number of rotatable bonds is 6. The molecule has 0 heterocycles. The van der Waals surface area contributed by atoms with Gasteiger partial charge in [0.1, 0.15) is 23.0 Å². The minimum atomic E-state index is -0.912. The summed E-state index contributed by atoms with van der Waals surface area (Å²) in [6, 6.07) is 23.8. The topological polar surface area (TPSA) is 55.8 Å². The van der Waals surface area contributed by atoms with Gasteiger partial charge in [-0.3, -0.25) is 4.79 Å². The SMILES string of the molecule is O=C(O)Cc1ccc(Oc2ccccc2)cc1Oc1ccccc1. The van der Waals surface area contributed by atoms with E-state index in [1.807, 2.05) is 60.7 Å². The minimum absolute atomic E-state index is 0.117. The van der Waals surface area contributed by atoms with Gasteiger partial charge in [0.25, 0.3) is 0 Å². The van der Waals surface area contributed by atoms with Crippen molar-refractivity contribution in [3.8, 4) is 23.0 Å². The fraction of sp³-hybridized carbons (Fsp3) is 0.0500. The molecule has 0 unspecified atom stereocenters. The highest BCUT2D eigenvalue weighted by atomic mass is 16.5. The summed E-state index contributed by atoms with van der Waals surface area (Å²) >= 11 is 0. The van der Waals surface area contributed by atoms with Crippen molar-refractivity contribution in [3.05, 3.63) is 84.4 Å². The lowest BCUT2D eigenvalue weighted by Gasteiger charge is -2.13. The van der Waals surface area contributed by atoms with E-state index in [2.05, 4.69) is 0 Å². The second-order valence-corrected chi connectivity index (χ2v) is 5.17. The van der Waals surface area contributed by atoms with Crippen molar-refractivity contribution in [2.24, 2.45) is 0 Å². The molecule has 0 spiro atoms. The van der Waals surface area contributed by atoms with E-state index in [1.165, 1.54) is 0 Å². The number of hydrogen-bond acceptors (Lipinski definition) is 3. The molecule has 0 amide bonds. The number of para-hydroxylation sites is 2. The molecule has 3 aromatic carbocycles. The molecule has 0 radical (unpaired) electrons. The average Bonchev–Trinajstić information content (AvgIpc) is 2.59. The highest BCUT2D eigenvalue weighted by Gasteiger charge is 2.11. The highest BCUT2D eigenvalue weighted by Crippen LogP contribution is 2.32. The summed E-state index contributed by atoms with van der Waals surface area (Å²) < 4.78 is 11.6. The van der Waals surface area contributed by atoms with Crippen molar-refractivity contribution in [1.82, 2.24) is 0 Å². The van der Waals surface area contributed by atoms with E-state index in [0.717, 1.165) is 0 Å². The Labute approximate surface area is 139 Å². The average molecular weight is 320 g/mol. The van der Waals surface area contributed by atoms with Crippen LogP contribution in [-0.2, 0) is 11.2 Å². The van der Waals surface area contributed by atoms with Crippen LogP contribution in [0.2, 0.25) is 0 Å². The van der Waals surface area contributed by atoms with Crippen molar-refractivity contribution < 1.29 is 19.4 Å². The standard InChI is InChI=1S/C20H16O4/c21-20(22)13-15-11-12-18(23-16-7-3-1-4-8-16)14-19(15)24-17-9-5-2-6-10-17/h1-12,14H,13H2,(H,21,22). The van der Waals surface area contributed by atoms with Gasteiger partial charge in [-0.1, -0.05) is 42.5 Å². The molecule has 0 bridgehead atoms. The fourth-order valence-corrected chi connectivity index (χ4v) is 2.24. The zero-order valence-electron chi connectivity index (χ0n) is 12.9. The van der Waals surface area contributed by atoms with Gasteiger partial charge < -0.3 is 14.6 Å². The predicted molar refractivity (Wildman–Crippen MR) is 90.8 cm³/mol. The van der Waals surface area contributed by atoms with Crippen LogP contribution in [-0.4, -0.2) is 11.1 Å². The quantitative estimate of drug-likeness (QED) is 0.702. The van der Waals surface area contributed by atoms with E-state index in [0.29, 0.717) is 28.6 Å². The molecule has 0 aliphatic heterocycles. The zero-order chi connectivity index (χ0) is 16.8. The van der Waals surface area contributed by atoms with Gasteiger partial charge in [0.15, 0.2) is 0 Å². The van der Waals surface area contributed by atoms with Crippen molar-refractivity contribution >= 4 is 5.97 Å². The summed E-state index contributed by atoms with van der Waals surface area (Å²) in [7, 11) is 0. The third-order valence-electron chi connectivity index (χ3n) is 3.33. The molecule has 0 aromatic heterocycles. The van der Waals surface area contributed by atoms with Crippen LogP contribution in [0.4, 0.5) is 0 Å². The highest BCUT2D eigenvalue weighted by molar-refractivity contribution is 5.71. The third kappa shape index (κ3) is 4.14. The Morgan fingerprint density at radius 1 is 0.750 bits per heavy atom. The fourth-order valence-electron chi connectivity index (χ4n) is 2.24. The summed E-state index contributed by atoms with van der Waals surface area (Å²) in [6.07, 6.45) is -0.117. The first-order chi connectivity index (χ1) is 11.7. The van der Waals surface area contributed by atoms with E-state index >= 15 is 0 Å². The van der Waals surface area contributed by atoms with E-state index in [-0.39, 0.29) is 6.42 Å². The summed E-state index contributed by atoms with van der Waals surface area (Å²) in [5.41, 5.74) is 0.590. The van der Waals surface area contributed by atoms with Crippen LogP contribution in [0.3, 0.4) is 0 Å². The molecule has 1 N–H and O–H groups in total. The van der Waals surface area contributed by atoms with Crippen molar-refractivity contribution in [1.29, 1.82) is 0 Å². The van der Waals surface area contributed by atoms with Crippen LogP contribution in [0.5, 0.6) is 23.0 Å². The molecule has 0 aliphatic rings. The Kier molecular flexibility index (Phi) is 4.77. The number of hydrogen-bond donors (Lipinski definition) is 1. The second-order valence-electron chi connectivity index (χ2n) is 5.17. The van der Waals surface area contributed by atoms with Gasteiger partial charge in [-0.25, -0.2) is 0 Å². The zero-order valence-corrected chi connectivity index (χ0v) is 12.9. The van der Waals surface area contributed by atoms with Gasteiger partial charge in [-0.05, 0) is 30.3 Å². The van der Waals surface area contributed by atoms with Crippen LogP contribution >= 0.6 is 0 Å². The Morgan fingerprint density at radius 3 is 1.92 bits per heavy atom. The van der Waals surface area contributed by atoms with Gasteiger partial charge in [0.2, 0.25) is 0 Å². The number of ether oxygens (including phenoxy) is 2. The van der Waals surface area contributed by atoms with Gasteiger partial charge in [0.05, 0.1) is 6.42 Å². The van der Waals surface area contributed by atoms with E-state index < -0.39 is 5.97 Å². The van der Waals surface area contributed by atoms with Crippen molar-refractivity contribution in [2.75, 3.05) is 0 Å². The molecule has 0 atom stereocenters. The lowest BCUT2D eigenvalue weighted by molar-refractivity contribution is -0.136. The van der Waals surface area contributed by atoms with Crippen molar-refractivity contribution in [3.63, 3.8) is 0 Å². The first-order valence-electron chi connectivity index (χ1n) is 7.51. The number of carboxylic acid groups (broad SMARTS) is 1. The maximum absolute atomic E-state index is 11.1. The monoisotopic (exact) mass is 320 g/mol. The molecular formula is C20H16O4. The second kappa shape index (κ2) is 7.33. The molecule has 0 fully saturated rings.